The fourth-order valence-electron chi connectivity index (χ4n) is 4.68. The highest BCUT2D eigenvalue weighted by atomic mass is 32.1. The summed E-state index contributed by atoms with van der Waals surface area (Å²) in [6, 6.07) is -2.97. The van der Waals surface area contributed by atoms with Gasteiger partial charge in [-0.1, -0.05) is 0 Å². The lowest BCUT2D eigenvalue weighted by Crippen LogP contribution is -2.56. The van der Waals surface area contributed by atoms with Gasteiger partial charge in [0.1, 0.15) is 18.1 Å². The van der Waals surface area contributed by atoms with E-state index >= 15 is 0 Å². The number of aliphatic carboxylic acids is 1. The molecule has 0 aromatic rings. The lowest BCUT2D eigenvalue weighted by Gasteiger charge is -2.25. The van der Waals surface area contributed by atoms with Crippen molar-refractivity contribution in [1.29, 1.82) is 0 Å². The summed E-state index contributed by atoms with van der Waals surface area (Å²) < 4.78 is 0. The monoisotopic (exact) mass is 684 g/mol. The third kappa shape index (κ3) is 20.5. The SMILES string of the molecule is NC(=O)[C@@H]1CCCCNC(=O)CCCCC(=O)N[C@@H](CCCCN=C(N)N)C(=O)N[C@@H](CCCCNC(=S)NCCC(=O)O)C(=O)N1. The highest BCUT2D eigenvalue weighted by Gasteiger charge is 2.29. The maximum Gasteiger partial charge on any atom is 0.305 e. The van der Waals surface area contributed by atoms with Gasteiger partial charge in [0.15, 0.2) is 11.1 Å². The Morgan fingerprint density at radius 1 is 0.809 bits per heavy atom. The van der Waals surface area contributed by atoms with Crippen LogP contribution in [0.3, 0.4) is 0 Å². The van der Waals surface area contributed by atoms with Crippen molar-refractivity contribution < 1.29 is 33.9 Å². The average molecular weight is 685 g/mol. The number of rotatable bonds is 14. The Labute approximate surface area is 280 Å². The number of amides is 5. The van der Waals surface area contributed by atoms with Crippen LogP contribution in [-0.4, -0.2) is 96.0 Å². The van der Waals surface area contributed by atoms with Crippen LogP contribution in [0.15, 0.2) is 4.99 Å². The van der Waals surface area contributed by atoms with Crippen molar-refractivity contribution >= 4 is 58.8 Å². The van der Waals surface area contributed by atoms with Gasteiger partial charge in [0, 0.05) is 39.0 Å². The zero-order valence-corrected chi connectivity index (χ0v) is 27.8. The van der Waals surface area contributed by atoms with Crippen molar-refractivity contribution in [3.63, 3.8) is 0 Å². The van der Waals surface area contributed by atoms with E-state index in [1.54, 1.807) is 0 Å². The molecule has 1 heterocycles. The van der Waals surface area contributed by atoms with E-state index in [4.69, 9.17) is 34.5 Å². The van der Waals surface area contributed by atoms with Gasteiger partial charge in [-0.2, -0.15) is 0 Å². The Balaban J connectivity index is 3.03. The van der Waals surface area contributed by atoms with Crippen LogP contribution in [-0.2, 0) is 28.8 Å². The van der Waals surface area contributed by atoms with Crippen LogP contribution >= 0.6 is 12.2 Å². The van der Waals surface area contributed by atoms with E-state index in [-0.39, 0.29) is 62.8 Å². The van der Waals surface area contributed by atoms with E-state index < -0.39 is 41.8 Å². The number of carbonyl (C=O) groups excluding carboxylic acids is 5. The summed E-state index contributed by atoms with van der Waals surface area (Å²) in [6.45, 7) is 1.35. The lowest BCUT2D eigenvalue weighted by molar-refractivity contribution is -0.137. The number of nitrogens with one attached hydrogen (secondary N) is 6. The fourth-order valence-corrected chi connectivity index (χ4v) is 4.89. The summed E-state index contributed by atoms with van der Waals surface area (Å²) in [5.41, 5.74) is 16.3. The predicted octanol–water partition coefficient (Wildman–Crippen LogP) is -1.66. The molecule has 1 rings (SSSR count). The smallest absolute Gasteiger partial charge is 0.305 e. The molecule has 1 saturated heterocycles. The van der Waals surface area contributed by atoms with Gasteiger partial charge in [0.2, 0.25) is 29.5 Å². The Bertz CT molecular complexity index is 1090. The number of nitrogens with two attached hydrogens (primary N) is 3. The van der Waals surface area contributed by atoms with E-state index in [0.717, 1.165) is 0 Å². The maximum absolute atomic E-state index is 13.5. The Morgan fingerprint density at radius 3 is 2.09 bits per heavy atom. The van der Waals surface area contributed by atoms with Crippen LogP contribution < -0.4 is 49.1 Å². The second-order valence-corrected chi connectivity index (χ2v) is 11.7. The minimum atomic E-state index is -1.03. The molecule has 0 aromatic heterocycles. The molecule has 0 radical (unpaired) electrons. The number of hydrogen-bond acceptors (Lipinski definition) is 8. The first-order valence-electron chi connectivity index (χ1n) is 16.1. The third-order valence-corrected chi connectivity index (χ3v) is 7.56. The number of nitrogens with zero attached hydrogens (tertiary/aromatic N) is 1. The van der Waals surface area contributed by atoms with Gasteiger partial charge in [-0.05, 0) is 82.8 Å². The molecule has 0 bridgehead atoms. The van der Waals surface area contributed by atoms with E-state index in [1.165, 1.54) is 0 Å². The van der Waals surface area contributed by atoms with E-state index in [2.05, 4.69) is 36.9 Å². The number of unbranched alkanes of at least 4 members (excludes halogenated alkanes) is 2. The Morgan fingerprint density at radius 2 is 1.43 bits per heavy atom. The van der Waals surface area contributed by atoms with Gasteiger partial charge in [-0.15, -0.1) is 0 Å². The van der Waals surface area contributed by atoms with E-state index in [1.807, 2.05) is 0 Å². The molecule has 18 heteroatoms. The molecule has 0 aliphatic carbocycles. The molecule has 0 aromatic carbocycles. The second kappa shape index (κ2) is 24.0. The molecule has 1 fully saturated rings. The summed E-state index contributed by atoms with van der Waals surface area (Å²) in [4.78, 5) is 78.6. The molecular formula is C29H52N10O7S. The standard InChI is InChI=1S/C29H52N10O7S/c30-25(44)19-9-3-6-15-33-22(40)12-1-2-13-23(41)37-20(10-4-7-16-34-28(31)32)26(45)39-21(27(46)38-19)11-5-8-17-35-29(47)36-18-14-24(42)43/h19-21H,1-18H2,(H2,30,44)(H,33,40)(H,37,41)(H,38,46)(H,39,45)(H,42,43)(H4,31,32,34)(H2,35,36,47)/t19-,20-,21-/m0/s1. The van der Waals surface area contributed by atoms with Gasteiger partial charge in [0.25, 0.3) is 0 Å². The summed E-state index contributed by atoms with van der Waals surface area (Å²) in [6.07, 6.45) is 5.12. The number of guanidine groups is 1. The highest BCUT2D eigenvalue weighted by molar-refractivity contribution is 7.80. The summed E-state index contributed by atoms with van der Waals surface area (Å²) in [5.74, 6) is -3.38. The average Bonchev–Trinajstić information content (AvgIpc) is 2.99. The topological polar surface area (TPSA) is 285 Å². The van der Waals surface area contributed by atoms with Gasteiger partial charge < -0.3 is 54.2 Å². The minimum absolute atomic E-state index is 0.0498. The molecule has 47 heavy (non-hydrogen) atoms. The quantitative estimate of drug-likeness (QED) is 0.0426. The fraction of sp³-hybridized carbons (Fsp3) is 0.724. The predicted molar refractivity (Wildman–Crippen MR) is 180 cm³/mol. The number of hydrogen-bond donors (Lipinski definition) is 10. The molecule has 17 nitrogen and oxygen atoms in total. The number of carboxylic acid groups (broad SMARTS) is 1. The molecule has 1 aliphatic heterocycles. The van der Waals surface area contributed by atoms with Crippen LogP contribution in [0, 0.1) is 0 Å². The highest BCUT2D eigenvalue weighted by Crippen LogP contribution is 2.09. The molecule has 1 aliphatic rings. The van der Waals surface area contributed by atoms with Gasteiger partial charge >= 0.3 is 5.97 Å². The van der Waals surface area contributed by atoms with Crippen LogP contribution in [0.4, 0.5) is 0 Å². The van der Waals surface area contributed by atoms with Crippen molar-refractivity contribution in [3.05, 3.63) is 0 Å². The Hall–Kier alpha value is -4.22. The molecule has 5 amide bonds. The maximum atomic E-state index is 13.5. The zero-order chi connectivity index (χ0) is 35.0. The number of thiocarbonyl (C=S) groups is 1. The first kappa shape index (κ1) is 40.8. The molecule has 0 unspecified atom stereocenters. The van der Waals surface area contributed by atoms with E-state index in [0.29, 0.717) is 76.1 Å². The second-order valence-electron chi connectivity index (χ2n) is 11.3. The summed E-state index contributed by atoms with van der Waals surface area (Å²) in [7, 11) is 0. The van der Waals surface area contributed by atoms with Gasteiger partial charge in [-0.3, -0.25) is 33.8 Å². The number of carbonyl (C=O) groups is 6. The van der Waals surface area contributed by atoms with Crippen LogP contribution in [0.2, 0.25) is 0 Å². The first-order chi connectivity index (χ1) is 22.4. The third-order valence-electron chi connectivity index (χ3n) is 7.27. The summed E-state index contributed by atoms with van der Waals surface area (Å²) >= 11 is 5.14. The molecule has 266 valence electrons. The lowest BCUT2D eigenvalue weighted by atomic mass is 10.0. The number of carboxylic acids is 1. The van der Waals surface area contributed by atoms with Crippen LogP contribution in [0.1, 0.15) is 89.9 Å². The molecule has 13 N–H and O–H groups in total. The number of primary amides is 1. The van der Waals surface area contributed by atoms with Crippen LogP contribution in [0.5, 0.6) is 0 Å². The first-order valence-corrected chi connectivity index (χ1v) is 16.5. The number of aliphatic imine (C=N–C) groups is 1. The van der Waals surface area contributed by atoms with Crippen molar-refractivity contribution in [2.75, 3.05) is 26.2 Å². The van der Waals surface area contributed by atoms with Crippen molar-refractivity contribution in [2.45, 2.75) is 108 Å². The Kier molecular flexibility index (Phi) is 20.9. The molecular weight excluding hydrogens is 632 g/mol. The normalized spacial score (nSPS) is 20.5. The van der Waals surface area contributed by atoms with E-state index in [9.17, 15) is 28.8 Å². The van der Waals surface area contributed by atoms with Crippen molar-refractivity contribution in [1.82, 2.24) is 31.9 Å². The molecule has 0 spiro atoms. The van der Waals surface area contributed by atoms with Crippen molar-refractivity contribution in [3.8, 4) is 0 Å². The largest absolute Gasteiger partial charge is 0.481 e. The van der Waals surface area contributed by atoms with Gasteiger partial charge in [-0.25, -0.2) is 0 Å². The zero-order valence-electron chi connectivity index (χ0n) is 26.9. The van der Waals surface area contributed by atoms with Crippen LogP contribution in [0.25, 0.3) is 0 Å². The minimum Gasteiger partial charge on any atom is -0.481 e. The molecule has 3 atom stereocenters. The summed E-state index contributed by atoms with van der Waals surface area (Å²) in [5, 5.41) is 25.8. The van der Waals surface area contributed by atoms with Gasteiger partial charge in [0.05, 0.1) is 6.42 Å². The van der Waals surface area contributed by atoms with Crippen molar-refractivity contribution in [2.24, 2.45) is 22.2 Å². The molecule has 0 saturated carbocycles.